The zero-order valence-electron chi connectivity index (χ0n) is 9.67. The van der Waals surface area contributed by atoms with E-state index in [4.69, 9.17) is 0 Å². The van der Waals surface area contributed by atoms with Crippen molar-refractivity contribution in [3.63, 3.8) is 0 Å². The summed E-state index contributed by atoms with van der Waals surface area (Å²) in [5.74, 6) is -5.59. The van der Waals surface area contributed by atoms with Crippen molar-refractivity contribution in [2.24, 2.45) is 0 Å². The Morgan fingerprint density at radius 1 is 1.22 bits per heavy atom. The van der Waals surface area contributed by atoms with Crippen LogP contribution in [-0.2, 0) is 9.53 Å². The normalized spacial score (nSPS) is 10.1. The maximum atomic E-state index is 13.3. The van der Waals surface area contributed by atoms with Crippen LogP contribution in [0, 0.1) is 17.5 Å². The lowest BCUT2D eigenvalue weighted by Gasteiger charge is -2.16. The summed E-state index contributed by atoms with van der Waals surface area (Å²) in [6, 6.07) is 0.782. The van der Waals surface area contributed by atoms with E-state index in [1.54, 1.807) is 0 Å². The largest absolute Gasteiger partial charge is 0.468 e. The molecule has 0 fully saturated rings. The molecule has 0 spiro atoms. The maximum Gasteiger partial charge on any atom is 0.325 e. The van der Waals surface area contributed by atoms with Gasteiger partial charge in [0, 0.05) is 19.2 Å². The molecule has 0 aliphatic rings. The first kappa shape index (κ1) is 14.0. The number of carbonyl (C=O) groups excluding carboxylic acids is 2. The number of amides is 1. The summed E-state index contributed by atoms with van der Waals surface area (Å²) in [6.45, 7) is -0.467. The Morgan fingerprint density at radius 3 is 2.17 bits per heavy atom. The second-order valence-corrected chi connectivity index (χ2v) is 3.48. The molecule has 18 heavy (non-hydrogen) atoms. The van der Waals surface area contributed by atoms with Crippen LogP contribution in [0.4, 0.5) is 13.2 Å². The van der Waals surface area contributed by atoms with Crippen molar-refractivity contribution < 1.29 is 27.5 Å². The third kappa shape index (κ3) is 2.99. The van der Waals surface area contributed by atoms with Crippen molar-refractivity contribution in [1.29, 1.82) is 0 Å². The van der Waals surface area contributed by atoms with Crippen LogP contribution < -0.4 is 0 Å². The molecule has 0 bridgehead atoms. The molecule has 0 aliphatic heterocycles. The number of ether oxygens (including phenoxy) is 1. The molecule has 0 aromatic heterocycles. The van der Waals surface area contributed by atoms with Gasteiger partial charge in [-0.1, -0.05) is 0 Å². The van der Waals surface area contributed by atoms with Gasteiger partial charge in [-0.15, -0.1) is 0 Å². The van der Waals surface area contributed by atoms with Crippen LogP contribution in [0.2, 0.25) is 0 Å². The summed E-state index contributed by atoms with van der Waals surface area (Å²) in [6.07, 6.45) is 0. The first-order chi connectivity index (χ1) is 8.36. The van der Waals surface area contributed by atoms with Gasteiger partial charge in [0.2, 0.25) is 0 Å². The minimum absolute atomic E-state index is 0.391. The fraction of sp³-hybridized carbons (Fsp3) is 0.273. The van der Waals surface area contributed by atoms with E-state index < -0.39 is 41.4 Å². The summed E-state index contributed by atoms with van der Waals surface area (Å²) in [5, 5.41) is 0. The van der Waals surface area contributed by atoms with E-state index in [0.29, 0.717) is 12.1 Å². The summed E-state index contributed by atoms with van der Waals surface area (Å²) in [4.78, 5) is 23.4. The Labute approximate surface area is 101 Å². The summed E-state index contributed by atoms with van der Waals surface area (Å²) in [5.41, 5.74) is -0.914. The summed E-state index contributed by atoms with van der Waals surface area (Å²) < 4.78 is 43.6. The molecular weight excluding hydrogens is 251 g/mol. The number of hydrogen-bond acceptors (Lipinski definition) is 3. The second-order valence-electron chi connectivity index (χ2n) is 3.48. The monoisotopic (exact) mass is 261 g/mol. The van der Waals surface area contributed by atoms with Gasteiger partial charge < -0.3 is 9.64 Å². The minimum Gasteiger partial charge on any atom is -0.468 e. The van der Waals surface area contributed by atoms with Crippen molar-refractivity contribution in [1.82, 2.24) is 4.90 Å². The van der Waals surface area contributed by atoms with Gasteiger partial charge >= 0.3 is 5.97 Å². The van der Waals surface area contributed by atoms with Gasteiger partial charge in [0.25, 0.3) is 5.91 Å². The highest BCUT2D eigenvalue weighted by atomic mass is 19.1. The van der Waals surface area contributed by atoms with E-state index in [2.05, 4.69) is 4.74 Å². The van der Waals surface area contributed by atoms with Crippen molar-refractivity contribution in [2.45, 2.75) is 0 Å². The van der Waals surface area contributed by atoms with Crippen molar-refractivity contribution in [3.8, 4) is 0 Å². The van der Waals surface area contributed by atoms with Crippen LogP contribution in [0.3, 0.4) is 0 Å². The number of likely N-dealkylation sites (N-methyl/N-ethyl adjacent to an activating group) is 1. The van der Waals surface area contributed by atoms with E-state index in [9.17, 15) is 22.8 Å². The Morgan fingerprint density at radius 2 is 1.72 bits per heavy atom. The zero-order valence-corrected chi connectivity index (χ0v) is 9.67. The molecule has 0 N–H and O–H groups in total. The number of hydrogen-bond donors (Lipinski definition) is 0. The first-order valence-corrected chi connectivity index (χ1v) is 4.83. The molecule has 0 radical (unpaired) electrons. The molecule has 1 amide bonds. The first-order valence-electron chi connectivity index (χ1n) is 4.83. The third-order valence-electron chi connectivity index (χ3n) is 2.16. The lowest BCUT2D eigenvalue weighted by molar-refractivity contribution is -0.141. The highest BCUT2D eigenvalue weighted by Gasteiger charge is 2.23. The predicted molar refractivity (Wildman–Crippen MR) is 55.3 cm³/mol. The van der Waals surface area contributed by atoms with Crippen LogP contribution in [0.1, 0.15) is 10.4 Å². The average Bonchev–Trinajstić information content (AvgIpc) is 2.27. The lowest BCUT2D eigenvalue weighted by atomic mass is 10.1. The van der Waals surface area contributed by atoms with Crippen LogP contribution in [-0.4, -0.2) is 37.5 Å². The molecule has 0 atom stereocenters. The molecule has 0 saturated carbocycles. The topological polar surface area (TPSA) is 46.6 Å². The van der Waals surface area contributed by atoms with E-state index in [0.717, 1.165) is 12.0 Å². The number of carbonyl (C=O) groups is 2. The maximum absolute atomic E-state index is 13.3. The molecule has 7 heteroatoms. The second kappa shape index (κ2) is 5.52. The van der Waals surface area contributed by atoms with E-state index in [1.807, 2.05) is 0 Å². The minimum atomic E-state index is -1.32. The molecule has 1 aromatic carbocycles. The number of methoxy groups -OCH3 is 1. The Bertz CT molecular complexity index is 467. The van der Waals surface area contributed by atoms with Gasteiger partial charge in [-0.25, -0.2) is 13.2 Å². The van der Waals surface area contributed by atoms with Crippen LogP contribution in [0.5, 0.6) is 0 Å². The summed E-state index contributed by atoms with van der Waals surface area (Å²) in [7, 11) is 2.28. The van der Waals surface area contributed by atoms with Crippen LogP contribution in [0.25, 0.3) is 0 Å². The third-order valence-corrected chi connectivity index (χ3v) is 2.16. The molecule has 1 rings (SSSR count). The van der Waals surface area contributed by atoms with Crippen LogP contribution in [0.15, 0.2) is 12.1 Å². The molecule has 0 aliphatic carbocycles. The van der Waals surface area contributed by atoms with Crippen molar-refractivity contribution in [2.75, 3.05) is 20.7 Å². The van der Waals surface area contributed by atoms with Crippen molar-refractivity contribution in [3.05, 3.63) is 35.1 Å². The molecule has 4 nitrogen and oxygen atoms in total. The molecule has 98 valence electrons. The predicted octanol–water partition coefficient (Wildman–Crippen LogP) is 1.35. The van der Waals surface area contributed by atoms with Gasteiger partial charge in [0.15, 0.2) is 0 Å². The zero-order chi connectivity index (χ0) is 13.9. The smallest absolute Gasteiger partial charge is 0.325 e. The van der Waals surface area contributed by atoms with Gasteiger partial charge in [0.05, 0.1) is 7.11 Å². The Hall–Kier alpha value is -2.05. The highest BCUT2D eigenvalue weighted by Crippen LogP contribution is 2.16. The average molecular weight is 261 g/mol. The fourth-order valence-corrected chi connectivity index (χ4v) is 1.27. The van der Waals surface area contributed by atoms with E-state index >= 15 is 0 Å². The van der Waals surface area contributed by atoms with Gasteiger partial charge in [0.1, 0.15) is 29.6 Å². The highest BCUT2D eigenvalue weighted by molar-refractivity contribution is 5.96. The van der Waals surface area contributed by atoms with Gasteiger partial charge in [-0.3, -0.25) is 9.59 Å². The number of benzene rings is 1. The Balaban J connectivity index is 3.00. The molecule has 1 aromatic rings. The van der Waals surface area contributed by atoms with Crippen molar-refractivity contribution >= 4 is 11.9 Å². The van der Waals surface area contributed by atoms with E-state index in [-0.39, 0.29) is 0 Å². The fourth-order valence-electron chi connectivity index (χ4n) is 1.27. The number of nitrogens with zero attached hydrogens (tertiary/aromatic N) is 1. The molecule has 0 saturated heterocycles. The quantitative estimate of drug-likeness (QED) is 0.771. The SMILES string of the molecule is COC(=O)CN(C)C(=O)c1c(F)cc(F)cc1F. The van der Waals surface area contributed by atoms with Gasteiger partial charge in [-0.05, 0) is 0 Å². The molecular formula is C11H10F3NO3. The number of esters is 1. The van der Waals surface area contributed by atoms with Crippen LogP contribution >= 0.6 is 0 Å². The number of rotatable bonds is 3. The molecule has 0 heterocycles. The summed E-state index contributed by atoms with van der Waals surface area (Å²) >= 11 is 0. The lowest BCUT2D eigenvalue weighted by Crippen LogP contribution is -2.33. The standard InChI is InChI=1S/C11H10F3NO3/c1-15(5-9(16)18-2)11(17)10-7(13)3-6(12)4-8(10)14/h3-4H,5H2,1-2H3. The number of halogens is 3. The van der Waals surface area contributed by atoms with E-state index in [1.165, 1.54) is 7.05 Å². The Kier molecular flexibility index (Phi) is 4.30. The molecule has 0 unspecified atom stereocenters. The van der Waals surface area contributed by atoms with Gasteiger partial charge in [-0.2, -0.15) is 0 Å².